The van der Waals surface area contributed by atoms with Gasteiger partial charge >= 0.3 is 0 Å². The lowest BCUT2D eigenvalue weighted by Crippen LogP contribution is -2.23. The second-order valence-electron chi connectivity index (χ2n) is 7.48. The summed E-state index contributed by atoms with van der Waals surface area (Å²) in [7, 11) is 0. The molecule has 2 rings (SSSR count). The van der Waals surface area contributed by atoms with Crippen molar-refractivity contribution < 1.29 is 24.4 Å². The molecule has 2 aromatic carbocycles. The Morgan fingerprint density at radius 1 is 0.867 bits per heavy atom. The van der Waals surface area contributed by atoms with Crippen molar-refractivity contribution in [3.63, 3.8) is 0 Å². The highest BCUT2D eigenvalue weighted by Gasteiger charge is 2.23. The summed E-state index contributed by atoms with van der Waals surface area (Å²) in [4.78, 5) is 0. The zero-order valence-electron chi connectivity index (χ0n) is 17.4. The average molecular weight is 433 g/mol. The number of halogens is 1. The molecular formula is C24H29ClO5. The molecule has 0 aliphatic rings. The van der Waals surface area contributed by atoms with Crippen LogP contribution in [-0.4, -0.2) is 54.7 Å². The van der Waals surface area contributed by atoms with Gasteiger partial charge in [0, 0.05) is 5.41 Å². The lowest BCUT2D eigenvalue weighted by Gasteiger charge is -2.26. The third-order valence-corrected chi connectivity index (χ3v) is 5.07. The maximum Gasteiger partial charge on any atom is 0.119 e. The van der Waals surface area contributed by atoms with Gasteiger partial charge in [0.2, 0.25) is 0 Å². The molecule has 0 aromatic heterocycles. The molecule has 0 amide bonds. The Balaban J connectivity index is 1.95. The van der Waals surface area contributed by atoms with Crippen LogP contribution in [0.4, 0.5) is 0 Å². The maximum atomic E-state index is 9.83. The molecule has 2 atom stereocenters. The maximum absolute atomic E-state index is 9.83. The number of aliphatic hydroxyl groups is 2. The molecule has 6 heteroatoms. The number of rotatable bonds is 12. The zero-order chi connectivity index (χ0) is 22.0. The fourth-order valence-electron chi connectivity index (χ4n) is 2.83. The van der Waals surface area contributed by atoms with Crippen LogP contribution < -0.4 is 9.47 Å². The van der Waals surface area contributed by atoms with Crippen molar-refractivity contribution in [3.05, 3.63) is 59.7 Å². The van der Waals surface area contributed by atoms with Crippen molar-refractivity contribution in [1.82, 2.24) is 0 Å². The van der Waals surface area contributed by atoms with Gasteiger partial charge in [-0.15, -0.1) is 18.0 Å². The second kappa shape index (κ2) is 11.8. The van der Waals surface area contributed by atoms with Gasteiger partial charge < -0.3 is 24.4 Å². The van der Waals surface area contributed by atoms with Crippen LogP contribution in [0.2, 0.25) is 0 Å². The highest BCUT2D eigenvalue weighted by Crippen LogP contribution is 2.33. The van der Waals surface area contributed by atoms with Crippen LogP contribution >= 0.6 is 11.6 Å². The Morgan fingerprint density at radius 2 is 1.33 bits per heavy atom. The minimum atomic E-state index is -0.735. The Labute approximate surface area is 183 Å². The summed E-state index contributed by atoms with van der Waals surface area (Å²) in [5.41, 5.74) is 2.02. The molecule has 0 saturated carbocycles. The van der Waals surface area contributed by atoms with Gasteiger partial charge in [0.25, 0.3) is 0 Å². The fourth-order valence-corrected chi connectivity index (χ4v) is 2.92. The van der Waals surface area contributed by atoms with E-state index >= 15 is 0 Å². The first kappa shape index (κ1) is 24.0. The predicted molar refractivity (Wildman–Crippen MR) is 118 cm³/mol. The number of hydrogen-bond acceptors (Lipinski definition) is 5. The van der Waals surface area contributed by atoms with Gasteiger partial charge in [-0.05, 0) is 35.4 Å². The average Bonchev–Trinajstić information content (AvgIpc) is 2.76. The van der Waals surface area contributed by atoms with Crippen molar-refractivity contribution in [1.29, 1.82) is 0 Å². The number of alkyl halides is 1. The molecule has 5 nitrogen and oxygen atoms in total. The highest BCUT2D eigenvalue weighted by atomic mass is 35.5. The SMILES string of the molecule is C#CCOCC(O)COc1ccc(C(C)(C)c2ccc(OCC(O)CCl)cc2)cc1. The standard InChI is InChI=1S/C24H29ClO5/c1-4-13-28-15-21(27)17-30-23-11-7-19(8-12-23)24(2,3)18-5-9-22(10-6-18)29-16-20(26)14-25/h1,5-12,20-21,26-27H,13-17H2,2-3H3. The van der Waals surface area contributed by atoms with Gasteiger partial charge in [-0.3, -0.25) is 0 Å². The molecule has 0 bridgehead atoms. The van der Waals surface area contributed by atoms with Crippen LogP contribution in [0.15, 0.2) is 48.5 Å². The van der Waals surface area contributed by atoms with Crippen molar-refractivity contribution in [2.75, 3.05) is 32.3 Å². The van der Waals surface area contributed by atoms with E-state index in [4.69, 9.17) is 32.2 Å². The van der Waals surface area contributed by atoms with Crippen LogP contribution in [-0.2, 0) is 10.2 Å². The first-order valence-electron chi connectivity index (χ1n) is 9.76. The molecule has 0 aliphatic carbocycles. The largest absolute Gasteiger partial charge is 0.491 e. The first-order chi connectivity index (χ1) is 14.4. The number of hydrogen-bond donors (Lipinski definition) is 2. The minimum absolute atomic E-state index is 0.132. The third kappa shape index (κ3) is 7.23. The molecule has 2 aromatic rings. The Bertz CT molecular complexity index is 796. The van der Waals surface area contributed by atoms with Gasteiger partial charge in [-0.2, -0.15) is 0 Å². The zero-order valence-corrected chi connectivity index (χ0v) is 18.1. The van der Waals surface area contributed by atoms with Crippen molar-refractivity contribution >= 4 is 11.6 Å². The summed E-state index contributed by atoms with van der Waals surface area (Å²) in [6.45, 7) is 4.89. The predicted octanol–water partition coefficient (Wildman–Crippen LogP) is 3.38. The minimum Gasteiger partial charge on any atom is -0.491 e. The van der Waals surface area contributed by atoms with E-state index in [0.717, 1.165) is 11.1 Å². The van der Waals surface area contributed by atoms with E-state index in [9.17, 15) is 10.2 Å². The topological polar surface area (TPSA) is 68.2 Å². The van der Waals surface area contributed by atoms with Crippen molar-refractivity contribution in [2.45, 2.75) is 31.5 Å². The molecule has 162 valence electrons. The molecule has 0 fully saturated rings. The molecule has 0 spiro atoms. The quantitative estimate of drug-likeness (QED) is 0.306. The first-order valence-corrected chi connectivity index (χ1v) is 10.3. The summed E-state index contributed by atoms with van der Waals surface area (Å²) in [5, 5.41) is 19.3. The number of benzene rings is 2. The number of terminal acetylenes is 1. The van der Waals surface area contributed by atoms with E-state index < -0.39 is 12.2 Å². The third-order valence-electron chi connectivity index (χ3n) is 4.71. The summed E-state index contributed by atoms with van der Waals surface area (Å²) in [6, 6.07) is 15.6. The second-order valence-corrected chi connectivity index (χ2v) is 7.79. The lowest BCUT2D eigenvalue weighted by atomic mass is 9.78. The molecule has 0 radical (unpaired) electrons. The summed E-state index contributed by atoms with van der Waals surface area (Å²) in [5.74, 6) is 3.85. The molecule has 0 aliphatic heterocycles. The number of aliphatic hydroxyl groups excluding tert-OH is 2. The van der Waals surface area contributed by atoms with Crippen LogP contribution in [0.1, 0.15) is 25.0 Å². The molecule has 30 heavy (non-hydrogen) atoms. The van der Waals surface area contributed by atoms with Gasteiger partial charge in [0.1, 0.15) is 43.5 Å². The fraction of sp³-hybridized carbons (Fsp3) is 0.417. The van der Waals surface area contributed by atoms with E-state index in [0.29, 0.717) is 11.5 Å². The summed E-state index contributed by atoms with van der Waals surface area (Å²) >= 11 is 5.58. The lowest BCUT2D eigenvalue weighted by molar-refractivity contribution is 0.0229. The van der Waals surface area contributed by atoms with Gasteiger partial charge in [-0.1, -0.05) is 44.0 Å². The van der Waals surface area contributed by atoms with Gasteiger partial charge in [0.05, 0.1) is 12.5 Å². The van der Waals surface area contributed by atoms with Crippen LogP contribution in [0.5, 0.6) is 11.5 Å². The number of ether oxygens (including phenoxy) is 3. The Morgan fingerprint density at radius 3 is 1.77 bits per heavy atom. The molecule has 0 saturated heterocycles. The molecular weight excluding hydrogens is 404 g/mol. The van der Waals surface area contributed by atoms with Gasteiger partial charge in [-0.25, -0.2) is 0 Å². The molecule has 2 N–H and O–H groups in total. The smallest absolute Gasteiger partial charge is 0.119 e. The molecule has 2 unspecified atom stereocenters. The van der Waals surface area contributed by atoms with E-state index in [1.807, 2.05) is 48.5 Å². The van der Waals surface area contributed by atoms with E-state index in [-0.39, 0.29) is 37.7 Å². The van der Waals surface area contributed by atoms with Crippen LogP contribution in [0, 0.1) is 12.3 Å². The summed E-state index contributed by atoms with van der Waals surface area (Å²) in [6.07, 6.45) is 3.68. The van der Waals surface area contributed by atoms with Gasteiger partial charge in [0.15, 0.2) is 0 Å². The monoisotopic (exact) mass is 432 g/mol. The van der Waals surface area contributed by atoms with Crippen molar-refractivity contribution in [3.8, 4) is 23.8 Å². The van der Waals surface area contributed by atoms with Crippen LogP contribution in [0.3, 0.4) is 0 Å². The van der Waals surface area contributed by atoms with Crippen molar-refractivity contribution in [2.24, 2.45) is 0 Å². The van der Waals surface area contributed by atoms with E-state index in [2.05, 4.69) is 19.8 Å². The van der Waals surface area contributed by atoms with E-state index in [1.54, 1.807) is 0 Å². The van der Waals surface area contributed by atoms with E-state index in [1.165, 1.54) is 0 Å². The normalized spacial score (nSPS) is 13.3. The Hall–Kier alpha value is -2.23. The summed E-state index contributed by atoms with van der Waals surface area (Å²) < 4.78 is 16.2. The van der Waals surface area contributed by atoms with Crippen LogP contribution in [0.25, 0.3) is 0 Å². The molecule has 0 heterocycles. The highest BCUT2D eigenvalue weighted by molar-refractivity contribution is 6.18. The Kier molecular flexibility index (Phi) is 9.48.